The molecule has 1 saturated heterocycles. The molecule has 116 valence electrons. The summed E-state index contributed by atoms with van der Waals surface area (Å²) < 4.78 is 38.2. The van der Waals surface area contributed by atoms with Crippen molar-refractivity contribution < 1.29 is 18.0 Å². The summed E-state index contributed by atoms with van der Waals surface area (Å²) in [5, 5.41) is 3.18. The SMILES string of the molecule is CCCN(C(=O)c1cccc(C(F)(F)F)c1)C1CCNC1. The van der Waals surface area contributed by atoms with E-state index in [9.17, 15) is 18.0 Å². The van der Waals surface area contributed by atoms with E-state index in [4.69, 9.17) is 0 Å². The molecule has 1 N–H and O–H groups in total. The minimum atomic E-state index is -4.43. The quantitative estimate of drug-likeness (QED) is 0.927. The van der Waals surface area contributed by atoms with Crippen LogP contribution in [0.1, 0.15) is 35.7 Å². The lowest BCUT2D eigenvalue weighted by Gasteiger charge is -2.28. The first-order chi connectivity index (χ1) is 9.93. The Kier molecular flexibility index (Phi) is 4.88. The van der Waals surface area contributed by atoms with E-state index in [0.717, 1.165) is 31.5 Å². The highest BCUT2D eigenvalue weighted by Gasteiger charge is 2.32. The van der Waals surface area contributed by atoms with Gasteiger partial charge in [-0.15, -0.1) is 0 Å². The zero-order valence-corrected chi connectivity index (χ0v) is 11.9. The average Bonchev–Trinajstić information content (AvgIpc) is 2.97. The number of hydrogen-bond acceptors (Lipinski definition) is 2. The van der Waals surface area contributed by atoms with E-state index in [1.165, 1.54) is 12.1 Å². The molecule has 6 heteroatoms. The number of alkyl halides is 3. The third kappa shape index (κ3) is 3.75. The Balaban J connectivity index is 2.24. The largest absolute Gasteiger partial charge is 0.416 e. The maximum atomic E-state index is 12.7. The summed E-state index contributed by atoms with van der Waals surface area (Å²) in [7, 11) is 0. The minimum absolute atomic E-state index is 0.0620. The molecule has 2 rings (SSSR count). The smallest absolute Gasteiger partial charge is 0.334 e. The van der Waals surface area contributed by atoms with Crippen molar-refractivity contribution in [2.75, 3.05) is 19.6 Å². The number of nitrogens with one attached hydrogen (secondary N) is 1. The lowest BCUT2D eigenvalue weighted by molar-refractivity contribution is -0.137. The summed E-state index contributed by atoms with van der Waals surface area (Å²) in [5.74, 6) is -0.323. The first kappa shape index (κ1) is 15.8. The molecule has 1 amide bonds. The second-order valence-corrected chi connectivity index (χ2v) is 5.22. The summed E-state index contributed by atoms with van der Waals surface area (Å²) >= 11 is 0. The van der Waals surface area contributed by atoms with E-state index in [2.05, 4.69) is 5.32 Å². The molecular weight excluding hydrogens is 281 g/mol. The van der Waals surface area contributed by atoms with Crippen molar-refractivity contribution in [3.8, 4) is 0 Å². The molecule has 1 aliphatic rings. The Bertz CT molecular complexity index is 496. The van der Waals surface area contributed by atoms with Gasteiger partial charge in [-0.05, 0) is 37.6 Å². The van der Waals surface area contributed by atoms with Crippen LogP contribution in [0, 0.1) is 0 Å². The molecule has 1 fully saturated rings. The second-order valence-electron chi connectivity index (χ2n) is 5.22. The monoisotopic (exact) mass is 300 g/mol. The lowest BCUT2D eigenvalue weighted by atomic mass is 10.1. The van der Waals surface area contributed by atoms with Gasteiger partial charge in [0.1, 0.15) is 0 Å². The second kappa shape index (κ2) is 6.47. The van der Waals surface area contributed by atoms with E-state index in [1.807, 2.05) is 6.92 Å². The average molecular weight is 300 g/mol. The molecule has 0 radical (unpaired) electrons. The van der Waals surface area contributed by atoms with Crippen molar-refractivity contribution in [2.45, 2.75) is 32.0 Å². The summed E-state index contributed by atoms with van der Waals surface area (Å²) in [4.78, 5) is 14.2. The van der Waals surface area contributed by atoms with Gasteiger partial charge in [0, 0.05) is 24.7 Å². The number of benzene rings is 1. The Morgan fingerprint density at radius 2 is 2.19 bits per heavy atom. The predicted molar refractivity (Wildman–Crippen MR) is 74.0 cm³/mol. The molecule has 0 bridgehead atoms. The van der Waals surface area contributed by atoms with Gasteiger partial charge in [0.05, 0.1) is 5.56 Å². The van der Waals surface area contributed by atoms with Gasteiger partial charge in [-0.3, -0.25) is 4.79 Å². The summed E-state index contributed by atoms with van der Waals surface area (Å²) in [6, 6.07) is 4.72. The highest BCUT2D eigenvalue weighted by Crippen LogP contribution is 2.30. The van der Waals surface area contributed by atoms with Gasteiger partial charge in [0.2, 0.25) is 0 Å². The van der Waals surface area contributed by atoms with Gasteiger partial charge in [0.25, 0.3) is 5.91 Å². The van der Waals surface area contributed by atoms with Crippen LogP contribution in [0.15, 0.2) is 24.3 Å². The number of nitrogens with zero attached hydrogens (tertiary/aromatic N) is 1. The zero-order chi connectivity index (χ0) is 15.5. The fourth-order valence-electron chi connectivity index (χ4n) is 2.59. The first-order valence-corrected chi connectivity index (χ1v) is 7.12. The molecule has 1 atom stereocenters. The molecular formula is C15H19F3N2O. The van der Waals surface area contributed by atoms with E-state index in [1.54, 1.807) is 4.90 Å². The van der Waals surface area contributed by atoms with Crippen molar-refractivity contribution in [2.24, 2.45) is 0 Å². The predicted octanol–water partition coefficient (Wildman–Crippen LogP) is 2.92. The molecule has 0 spiro atoms. The molecule has 1 aromatic rings. The fourth-order valence-corrected chi connectivity index (χ4v) is 2.59. The Hall–Kier alpha value is -1.56. The van der Waals surface area contributed by atoms with Crippen molar-refractivity contribution in [3.63, 3.8) is 0 Å². The van der Waals surface area contributed by atoms with E-state index < -0.39 is 11.7 Å². The van der Waals surface area contributed by atoms with Crippen LogP contribution in [0.2, 0.25) is 0 Å². The fraction of sp³-hybridized carbons (Fsp3) is 0.533. The Morgan fingerprint density at radius 3 is 2.76 bits per heavy atom. The van der Waals surface area contributed by atoms with Crippen LogP contribution in [0.5, 0.6) is 0 Å². The van der Waals surface area contributed by atoms with Crippen molar-refractivity contribution in [3.05, 3.63) is 35.4 Å². The number of carbonyl (C=O) groups is 1. The van der Waals surface area contributed by atoms with Gasteiger partial charge < -0.3 is 10.2 Å². The molecule has 1 unspecified atom stereocenters. The lowest BCUT2D eigenvalue weighted by Crippen LogP contribution is -2.42. The van der Waals surface area contributed by atoms with Crippen LogP contribution in [0.4, 0.5) is 13.2 Å². The molecule has 21 heavy (non-hydrogen) atoms. The van der Waals surface area contributed by atoms with Crippen molar-refractivity contribution in [1.29, 1.82) is 0 Å². The normalized spacial score (nSPS) is 18.8. The number of carbonyl (C=O) groups excluding carboxylic acids is 1. The highest BCUT2D eigenvalue weighted by atomic mass is 19.4. The topological polar surface area (TPSA) is 32.3 Å². The van der Waals surface area contributed by atoms with Gasteiger partial charge in [-0.1, -0.05) is 13.0 Å². The Morgan fingerprint density at radius 1 is 1.43 bits per heavy atom. The molecule has 3 nitrogen and oxygen atoms in total. The molecule has 0 aromatic heterocycles. The molecule has 0 aliphatic carbocycles. The van der Waals surface area contributed by atoms with Crippen LogP contribution in [-0.4, -0.2) is 36.5 Å². The van der Waals surface area contributed by atoms with Gasteiger partial charge in [-0.2, -0.15) is 13.2 Å². The summed E-state index contributed by atoms with van der Waals surface area (Å²) in [6.45, 7) is 4.04. The number of rotatable bonds is 4. The Labute approximate surface area is 122 Å². The van der Waals surface area contributed by atoms with E-state index >= 15 is 0 Å². The van der Waals surface area contributed by atoms with E-state index in [-0.39, 0.29) is 17.5 Å². The number of halogens is 3. The first-order valence-electron chi connectivity index (χ1n) is 7.12. The van der Waals surface area contributed by atoms with E-state index in [0.29, 0.717) is 13.1 Å². The molecule has 1 heterocycles. The third-order valence-electron chi connectivity index (χ3n) is 3.64. The number of amides is 1. The van der Waals surface area contributed by atoms with Gasteiger partial charge in [0.15, 0.2) is 0 Å². The third-order valence-corrected chi connectivity index (χ3v) is 3.64. The van der Waals surface area contributed by atoms with Crippen molar-refractivity contribution >= 4 is 5.91 Å². The van der Waals surface area contributed by atoms with Crippen LogP contribution >= 0.6 is 0 Å². The maximum absolute atomic E-state index is 12.7. The van der Waals surface area contributed by atoms with Crippen molar-refractivity contribution in [1.82, 2.24) is 10.2 Å². The maximum Gasteiger partial charge on any atom is 0.416 e. The summed E-state index contributed by atoms with van der Waals surface area (Å²) in [5.41, 5.74) is -0.681. The minimum Gasteiger partial charge on any atom is -0.334 e. The highest BCUT2D eigenvalue weighted by molar-refractivity contribution is 5.94. The molecule has 1 aromatic carbocycles. The molecule has 1 aliphatic heterocycles. The van der Waals surface area contributed by atoms with Crippen LogP contribution in [0.25, 0.3) is 0 Å². The summed E-state index contributed by atoms with van der Waals surface area (Å²) in [6.07, 6.45) is -2.81. The van der Waals surface area contributed by atoms with Crippen LogP contribution in [-0.2, 0) is 6.18 Å². The van der Waals surface area contributed by atoms with Gasteiger partial charge in [-0.25, -0.2) is 0 Å². The zero-order valence-electron chi connectivity index (χ0n) is 11.9. The standard InChI is InChI=1S/C15H19F3N2O/c1-2-8-20(13-6-7-19-10-13)14(21)11-4-3-5-12(9-11)15(16,17)18/h3-5,9,13,19H,2,6-8,10H2,1H3. The van der Waals surface area contributed by atoms with Crippen LogP contribution < -0.4 is 5.32 Å². The number of hydrogen-bond donors (Lipinski definition) is 1. The van der Waals surface area contributed by atoms with Crippen LogP contribution in [0.3, 0.4) is 0 Å². The molecule has 0 saturated carbocycles. The van der Waals surface area contributed by atoms with Gasteiger partial charge >= 0.3 is 6.18 Å².